The van der Waals surface area contributed by atoms with Gasteiger partial charge in [-0.2, -0.15) is 0 Å². The van der Waals surface area contributed by atoms with Gasteiger partial charge in [-0.15, -0.1) is 0 Å². The Balaban J connectivity index is 1.80. The molecule has 7 nitrogen and oxygen atoms in total. The van der Waals surface area contributed by atoms with Crippen LogP contribution in [0.2, 0.25) is 10.0 Å². The van der Waals surface area contributed by atoms with Gasteiger partial charge in [0.15, 0.2) is 0 Å². The van der Waals surface area contributed by atoms with Gasteiger partial charge in [-0.1, -0.05) is 97.7 Å². The molecule has 0 saturated heterocycles. The molecule has 0 aliphatic carbocycles. The monoisotopic (exact) mass is 669 g/mol. The summed E-state index contributed by atoms with van der Waals surface area (Å²) in [4.78, 5) is 29.5. The van der Waals surface area contributed by atoms with Crippen molar-refractivity contribution in [1.82, 2.24) is 10.2 Å². The number of benzene rings is 4. The van der Waals surface area contributed by atoms with Crippen LogP contribution >= 0.6 is 23.2 Å². The summed E-state index contributed by atoms with van der Waals surface area (Å²) in [6.45, 7) is 3.56. The van der Waals surface area contributed by atoms with Gasteiger partial charge in [0.05, 0.1) is 20.6 Å². The average molecular weight is 671 g/mol. The molecule has 0 saturated carbocycles. The number of anilines is 1. The van der Waals surface area contributed by atoms with E-state index in [0.29, 0.717) is 12.1 Å². The summed E-state index contributed by atoms with van der Waals surface area (Å²) in [7, 11) is -4.28. The maximum absolute atomic E-state index is 14.4. The smallest absolute Gasteiger partial charge is 0.264 e. The number of hydrogen-bond donors (Lipinski definition) is 1. The van der Waals surface area contributed by atoms with Crippen LogP contribution < -0.4 is 9.62 Å². The van der Waals surface area contributed by atoms with Crippen molar-refractivity contribution in [2.24, 2.45) is 5.92 Å². The molecule has 45 heavy (non-hydrogen) atoms. The Morgan fingerprint density at radius 3 is 2.04 bits per heavy atom. The fourth-order valence-corrected chi connectivity index (χ4v) is 6.37. The standard InChI is InChI=1S/C34H34Cl2FN3O4S/c1-24(2)21-38-34(42)32(19-25-9-5-3-6-10-25)39(22-26-13-15-27(37)16-14-26)33(41)23-40(28-17-18-30(35)31(36)20-28)45(43,44)29-11-7-4-8-12-29/h3-18,20,24,32H,19,21-23H2,1-2H3,(H,38,42). The second kappa shape index (κ2) is 15.4. The molecule has 4 aromatic rings. The Labute approximate surface area is 273 Å². The molecule has 236 valence electrons. The van der Waals surface area contributed by atoms with E-state index in [2.05, 4.69) is 5.32 Å². The van der Waals surface area contributed by atoms with Crippen molar-refractivity contribution in [3.05, 3.63) is 130 Å². The Kier molecular flexibility index (Phi) is 11.6. The molecule has 2 amide bonds. The van der Waals surface area contributed by atoms with E-state index in [0.717, 1.165) is 9.87 Å². The van der Waals surface area contributed by atoms with E-state index in [4.69, 9.17) is 23.2 Å². The lowest BCUT2D eigenvalue weighted by Gasteiger charge is -2.34. The first-order chi connectivity index (χ1) is 21.5. The van der Waals surface area contributed by atoms with Crippen molar-refractivity contribution in [2.45, 2.75) is 37.8 Å². The summed E-state index contributed by atoms with van der Waals surface area (Å²) in [5.74, 6) is -1.35. The molecule has 0 fully saturated rings. The highest BCUT2D eigenvalue weighted by atomic mass is 35.5. The van der Waals surface area contributed by atoms with Crippen molar-refractivity contribution in [1.29, 1.82) is 0 Å². The number of carbonyl (C=O) groups excluding carboxylic acids is 2. The van der Waals surface area contributed by atoms with Crippen molar-refractivity contribution in [3.63, 3.8) is 0 Å². The van der Waals surface area contributed by atoms with E-state index in [9.17, 15) is 22.4 Å². The van der Waals surface area contributed by atoms with E-state index < -0.39 is 40.2 Å². The number of nitrogens with one attached hydrogen (secondary N) is 1. The molecule has 4 aromatic carbocycles. The van der Waals surface area contributed by atoms with Crippen LogP contribution in [0, 0.1) is 11.7 Å². The van der Waals surface area contributed by atoms with Crippen LogP contribution in [0.3, 0.4) is 0 Å². The Hall–Kier alpha value is -3.92. The van der Waals surface area contributed by atoms with Crippen LogP contribution in [-0.4, -0.2) is 44.3 Å². The van der Waals surface area contributed by atoms with E-state index in [1.54, 1.807) is 18.2 Å². The first-order valence-corrected chi connectivity index (χ1v) is 16.5. The van der Waals surface area contributed by atoms with Gasteiger partial charge in [-0.3, -0.25) is 13.9 Å². The number of hydrogen-bond acceptors (Lipinski definition) is 4. The Bertz CT molecular complexity index is 1710. The highest BCUT2D eigenvalue weighted by molar-refractivity contribution is 7.92. The van der Waals surface area contributed by atoms with Crippen LogP contribution in [0.5, 0.6) is 0 Å². The topological polar surface area (TPSA) is 86.8 Å². The zero-order valence-corrected chi connectivity index (χ0v) is 27.2. The molecule has 0 spiro atoms. The molecule has 11 heteroatoms. The number of nitrogens with zero attached hydrogens (tertiary/aromatic N) is 2. The van der Waals surface area contributed by atoms with Crippen molar-refractivity contribution >= 4 is 50.7 Å². The average Bonchev–Trinajstić information content (AvgIpc) is 3.03. The Morgan fingerprint density at radius 1 is 0.822 bits per heavy atom. The van der Waals surface area contributed by atoms with Gasteiger partial charge in [0.2, 0.25) is 11.8 Å². The Morgan fingerprint density at radius 2 is 1.44 bits per heavy atom. The molecule has 0 aromatic heterocycles. The lowest BCUT2D eigenvalue weighted by atomic mass is 10.0. The van der Waals surface area contributed by atoms with E-state index in [-0.39, 0.29) is 39.5 Å². The molecule has 0 radical (unpaired) electrons. The fraction of sp³-hybridized carbons (Fsp3) is 0.235. The number of amides is 2. The van der Waals surface area contributed by atoms with Gasteiger partial charge >= 0.3 is 0 Å². The first-order valence-electron chi connectivity index (χ1n) is 14.3. The van der Waals surface area contributed by atoms with Crippen molar-refractivity contribution < 1.29 is 22.4 Å². The fourth-order valence-electron chi connectivity index (χ4n) is 4.65. The second-order valence-electron chi connectivity index (χ2n) is 10.9. The zero-order valence-electron chi connectivity index (χ0n) is 24.9. The molecule has 1 atom stereocenters. The van der Waals surface area contributed by atoms with Gasteiger partial charge in [-0.05, 0) is 59.5 Å². The van der Waals surface area contributed by atoms with Gasteiger partial charge in [0.25, 0.3) is 10.0 Å². The summed E-state index contributed by atoms with van der Waals surface area (Å²) in [6.07, 6.45) is 0.163. The highest BCUT2D eigenvalue weighted by Crippen LogP contribution is 2.31. The number of carbonyl (C=O) groups is 2. The largest absolute Gasteiger partial charge is 0.354 e. The summed E-state index contributed by atoms with van der Waals surface area (Å²) < 4.78 is 42.8. The summed E-state index contributed by atoms with van der Waals surface area (Å²) >= 11 is 12.4. The summed E-state index contributed by atoms with van der Waals surface area (Å²) in [6, 6.07) is 25.8. The van der Waals surface area contributed by atoms with Crippen LogP contribution in [0.4, 0.5) is 10.1 Å². The lowest BCUT2D eigenvalue weighted by Crippen LogP contribution is -2.53. The molecule has 1 unspecified atom stereocenters. The predicted octanol–water partition coefficient (Wildman–Crippen LogP) is 6.74. The van der Waals surface area contributed by atoms with E-state index in [1.165, 1.54) is 59.5 Å². The highest BCUT2D eigenvalue weighted by Gasteiger charge is 2.34. The quantitative estimate of drug-likeness (QED) is 0.171. The first kappa shape index (κ1) is 34.0. The molecule has 0 bridgehead atoms. The molecule has 1 N–H and O–H groups in total. The van der Waals surface area contributed by atoms with Crippen LogP contribution in [0.1, 0.15) is 25.0 Å². The predicted molar refractivity (Wildman–Crippen MR) is 176 cm³/mol. The normalized spacial score (nSPS) is 12.0. The van der Waals surface area contributed by atoms with Crippen molar-refractivity contribution in [3.8, 4) is 0 Å². The minimum absolute atomic E-state index is 0.0375. The molecule has 0 aliphatic rings. The van der Waals surface area contributed by atoms with Gasteiger partial charge in [0, 0.05) is 19.5 Å². The summed E-state index contributed by atoms with van der Waals surface area (Å²) in [5.41, 5.74) is 1.48. The lowest BCUT2D eigenvalue weighted by molar-refractivity contribution is -0.140. The number of halogens is 3. The minimum Gasteiger partial charge on any atom is -0.354 e. The molecule has 4 rings (SSSR count). The van der Waals surface area contributed by atoms with Crippen molar-refractivity contribution in [2.75, 3.05) is 17.4 Å². The van der Waals surface area contributed by atoms with Gasteiger partial charge in [-0.25, -0.2) is 12.8 Å². The maximum Gasteiger partial charge on any atom is 0.264 e. The maximum atomic E-state index is 14.4. The molecular weight excluding hydrogens is 636 g/mol. The third-order valence-electron chi connectivity index (χ3n) is 7.02. The molecule has 0 heterocycles. The van der Waals surface area contributed by atoms with E-state index >= 15 is 0 Å². The summed E-state index contributed by atoms with van der Waals surface area (Å²) in [5, 5.41) is 3.25. The third-order valence-corrected chi connectivity index (χ3v) is 9.55. The third kappa shape index (κ3) is 9.06. The number of rotatable bonds is 13. The van der Waals surface area contributed by atoms with Gasteiger partial charge in [0.1, 0.15) is 18.4 Å². The SMILES string of the molecule is CC(C)CNC(=O)C(Cc1ccccc1)N(Cc1ccc(F)cc1)C(=O)CN(c1ccc(Cl)c(Cl)c1)S(=O)(=O)c1ccccc1. The van der Waals surface area contributed by atoms with Crippen LogP contribution in [0.15, 0.2) is 108 Å². The molecular formula is C34H34Cl2FN3O4S. The zero-order chi connectivity index (χ0) is 32.6. The second-order valence-corrected chi connectivity index (χ2v) is 13.6. The van der Waals surface area contributed by atoms with Gasteiger partial charge < -0.3 is 10.2 Å². The molecule has 0 aliphatic heterocycles. The number of sulfonamides is 1. The van der Waals surface area contributed by atoms with Crippen LogP contribution in [0.25, 0.3) is 0 Å². The van der Waals surface area contributed by atoms with E-state index in [1.807, 2.05) is 44.2 Å². The minimum atomic E-state index is -4.28. The van der Waals surface area contributed by atoms with Crippen LogP contribution in [-0.2, 0) is 32.6 Å².